The smallest absolute Gasteiger partial charge is 0.418 e. The minimum absolute atomic E-state index is 0.108. The van der Waals surface area contributed by atoms with Crippen molar-refractivity contribution >= 4 is 24.5 Å². The van der Waals surface area contributed by atoms with Crippen molar-refractivity contribution in [2.45, 2.75) is 0 Å². The van der Waals surface area contributed by atoms with E-state index in [0.717, 1.165) is 0 Å². The molecule has 23 heavy (non-hydrogen) atoms. The van der Waals surface area contributed by atoms with Crippen molar-refractivity contribution in [1.82, 2.24) is 0 Å². The van der Waals surface area contributed by atoms with Gasteiger partial charge in [-0.1, -0.05) is 0 Å². The van der Waals surface area contributed by atoms with Crippen LogP contribution in [0.2, 0.25) is 0 Å². The van der Waals surface area contributed by atoms with Crippen LogP contribution < -0.4 is 0 Å². The summed E-state index contributed by atoms with van der Waals surface area (Å²) < 4.78 is 114. The molecule has 0 amide bonds. The van der Waals surface area contributed by atoms with E-state index < -0.39 is 29.2 Å². The van der Waals surface area contributed by atoms with E-state index in [1.165, 1.54) is 6.26 Å². The van der Waals surface area contributed by atoms with Crippen molar-refractivity contribution in [3.05, 3.63) is 0 Å². The van der Waals surface area contributed by atoms with Gasteiger partial charge < -0.3 is 34.5 Å². The van der Waals surface area contributed by atoms with Gasteiger partial charge in [-0.05, 0) is 4.48 Å². The van der Waals surface area contributed by atoms with Gasteiger partial charge in [0.25, 0.3) is 10.0 Å². The van der Waals surface area contributed by atoms with Crippen LogP contribution in [-0.4, -0.2) is 77.0 Å². The summed E-state index contributed by atoms with van der Waals surface area (Å²) in [5.41, 5.74) is 0. The van der Waals surface area contributed by atoms with Crippen molar-refractivity contribution < 1.29 is 56.0 Å². The van der Waals surface area contributed by atoms with Crippen molar-refractivity contribution in [3.8, 4) is 0 Å². The first-order chi connectivity index (χ1) is 9.87. The van der Waals surface area contributed by atoms with Crippen LogP contribution in [0.25, 0.3) is 0 Å². The molecule has 140 valence electrons. The third-order valence-corrected chi connectivity index (χ3v) is 5.38. The number of hydrogen-bond donors (Lipinski definition) is 0. The van der Waals surface area contributed by atoms with Gasteiger partial charge >= 0.3 is 14.5 Å². The first-order valence-corrected chi connectivity index (χ1v) is 8.08. The Bertz CT molecular complexity index is 447. The first-order valence-electron chi connectivity index (χ1n) is 6.24. The lowest BCUT2D eigenvalue weighted by atomic mass is 10.2. The largest absolute Gasteiger partial charge is 0.673 e. The third kappa shape index (κ3) is 9.30. The van der Waals surface area contributed by atoms with Crippen LogP contribution in [0.5, 0.6) is 0 Å². The summed E-state index contributed by atoms with van der Waals surface area (Å²) in [5.74, 6) is 0. The number of quaternary nitrogens is 2. The lowest BCUT2D eigenvalue weighted by molar-refractivity contribution is -1.12. The molecule has 0 aromatic rings. The number of halogens is 9. The summed E-state index contributed by atoms with van der Waals surface area (Å²) in [7, 11) is -15.1. The van der Waals surface area contributed by atoms with Gasteiger partial charge in [-0.25, -0.2) is 3.89 Å². The van der Waals surface area contributed by atoms with Crippen LogP contribution in [0.15, 0.2) is 0 Å². The molecule has 0 unspecified atom stereocenters. The molecule has 0 radical (unpaired) electrons. The van der Waals surface area contributed by atoms with Gasteiger partial charge in [0.05, 0.1) is 6.26 Å². The Morgan fingerprint density at radius 3 is 1.09 bits per heavy atom. The fourth-order valence-corrected chi connectivity index (χ4v) is 3.49. The summed E-state index contributed by atoms with van der Waals surface area (Å²) in [5, 5.41) is 0. The van der Waals surface area contributed by atoms with Crippen molar-refractivity contribution in [2.24, 2.45) is 0 Å². The molecule has 0 N–H and O–H groups in total. The molecular formula is C7H15B2F9N2O2S. The van der Waals surface area contributed by atoms with Crippen LogP contribution in [0.4, 0.5) is 39.0 Å². The van der Waals surface area contributed by atoms with Crippen LogP contribution in [0.1, 0.15) is 0 Å². The zero-order valence-corrected chi connectivity index (χ0v) is 12.7. The molecule has 3 heterocycles. The predicted octanol–water partition coefficient (Wildman–Crippen LogP) is 2.09. The molecule has 0 aliphatic carbocycles. The Kier molecular flexibility index (Phi) is 6.89. The highest BCUT2D eigenvalue weighted by molar-refractivity contribution is 7.85. The van der Waals surface area contributed by atoms with E-state index in [4.69, 9.17) is 0 Å². The third-order valence-electron chi connectivity index (χ3n) is 3.43. The molecular weight excluding hydrogens is 369 g/mol. The van der Waals surface area contributed by atoms with Gasteiger partial charge in [0.1, 0.15) is 19.6 Å². The number of fused-ring (bicyclic) bond motifs is 3. The monoisotopic (exact) mass is 384 g/mol. The van der Waals surface area contributed by atoms with Crippen LogP contribution in [-0.2, 0) is 10.0 Å². The highest BCUT2D eigenvalue weighted by Gasteiger charge is 2.55. The first kappa shape index (κ1) is 22.4. The second-order valence-electron chi connectivity index (χ2n) is 5.15. The normalized spacial score (nSPS) is 30.7. The minimum atomic E-state index is -6.00. The highest BCUT2D eigenvalue weighted by atomic mass is 32.2. The number of sulfonamides is 1. The van der Waals surface area contributed by atoms with E-state index in [9.17, 15) is 47.4 Å². The molecule has 3 fully saturated rings. The Morgan fingerprint density at radius 1 is 0.696 bits per heavy atom. The molecule has 4 nitrogen and oxygen atoms in total. The predicted molar refractivity (Wildman–Crippen MR) is 66.0 cm³/mol. The molecule has 0 aromatic heterocycles. The highest BCUT2D eigenvalue weighted by Crippen LogP contribution is 2.29. The minimum Gasteiger partial charge on any atom is -0.418 e. The van der Waals surface area contributed by atoms with Crippen molar-refractivity contribution in [1.29, 1.82) is 0 Å². The van der Waals surface area contributed by atoms with E-state index in [0.29, 0.717) is 39.3 Å². The standard InChI is InChI=1S/C7H15FN2O2S.2BF4/c1-13(11,12)10-5-2-9(8,3-6-10)4-7-10;2*2-1(3,4)5/h2-7H2,1H3;;/q+2;2*-1. The lowest BCUT2D eigenvalue weighted by Crippen LogP contribution is -2.73. The average molecular weight is 384 g/mol. The molecule has 3 rings (SSSR count). The van der Waals surface area contributed by atoms with Crippen LogP contribution in [0, 0.1) is 0 Å². The van der Waals surface area contributed by atoms with Gasteiger partial charge in [0.2, 0.25) is 0 Å². The van der Waals surface area contributed by atoms with Gasteiger partial charge in [0.15, 0.2) is 19.6 Å². The van der Waals surface area contributed by atoms with E-state index in [-0.39, 0.29) is 3.89 Å². The molecule has 3 aliphatic heterocycles. The quantitative estimate of drug-likeness (QED) is 0.301. The summed E-state index contributed by atoms with van der Waals surface area (Å²) >= 11 is 0. The molecule has 3 aliphatic rings. The Morgan fingerprint density at radius 2 is 0.913 bits per heavy atom. The number of hydrogen-bond acceptors (Lipinski definition) is 2. The van der Waals surface area contributed by atoms with E-state index in [1.54, 1.807) is 0 Å². The van der Waals surface area contributed by atoms with E-state index in [2.05, 4.69) is 0 Å². The topological polar surface area (TPSA) is 34.1 Å². The maximum absolute atomic E-state index is 13.6. The molecule has 0 aromatic carbocycles. The van der Waals surface area contributed by atoms with E-state index >= 15 is 0 Å². The van der Waals surface area contributed by atoms with Gasteiger partial charge in [-0.15, -0.1) is 4.71 Å². The van der Waals surface area contributed by atoms with Crippen molar-refractivity contribution in [3.63, 3.8) is 0 Å². The fourth-order valence-electron chi connectivity index (χ4n) is 2.25. The molecule has 0 spiro atoms. The van der Waals surface area contributed by atoms with Crippen LogP contribution >= 0.6 is 0 Å². The zero-order chi connectivity index (χ0) is 18.7. The molecule has 0 saturated carbocycles. The van der Waals surface area contributed by atoms with Gasteiger partial charge in [0, 0.05) is 0 Å². The number of rotatable bonds is 1. The SMILES string of the molecule is CS(=O)(=O)[N+]12CC[N+](F)(CC1)CC2.F[B-](F)(F)F.F[B-](F)(F)F. The summed E-state index contributed by atoms with van der Waals surface area (Å²) in [6.45, 7) is 2.38. The number of piperazine rings is 3. The molecule has 3 saturated heterocycles. The Balaban J connectivity index is 0.000000406. The molecule has 16 heteroatoms. The molecule has 0 atom stereocenters. The van der Waals surface area contributed by atoms with Gasteiger partial charge in [-0.3, -0.25) is 0 Å². The summed E-state index contributed by atoms with van der Waals surface area (Å²) in [6.07, 6.45) is 1.26. The second kappa shape index (κ2) is 7.09. The lowest BCUT2D eigenvalue weighted by Gasteiger charge is -2.47. The maximum Gasteiger partial charge on any atom is 0.673 e. The number of nitrogens with zero attached hydrogens (tertiary/aromatic N) is 2. The summed E-state index contributed by atoms with van der Waals surface area (Å²) in [6, 6.07) is 0. The zero-order valence-electron chi connectivity index (χ0n) is 11.9. The van der Waals surface area contributed by atoms with E-state index in [1.807, 2.05) is 0 Å². The summed E-state index contributed by atoms with van der Waals surface area (Å²) in [4.78, 5) is 0. The Hall–Kier alpha value is -0.630. The van der Waals surface area contributed by atoms with Crippen molar-refractivity contribution in [2.75, 3.05) is 45.5 Å². The van der Waals surface area contributed by atoms with Crippen LogP contribution in [0.3, 0.4) is 0 Å². The van der Waals surface area contributed by atoms with Gasteiger partial charge in [-0.2, -0.15) is 8.42 Å². The average Bonchev–Trinajstić information content (AvgIpc) is 2.24. The molecule has 2 bridgehead atoms. The fraction of sp³-hybridized carbons (Fsp3) is 1.00. The Labute approximate surface area is 127 Å². The maximum atomic E-state index is 13.6. The second-order valence-corrected chi connectivity index (χ2v) is 7.39.